The molecule has 0 radical (unpaired) electrons. The molecule has 2 rings (SSSR count). The highest BCUT2D eigenvalue weighted by Crippen LogP contribution is 2.13. The van der Waals surface area contributed by atoms with E-state index in [1.165, 1.54) is 25.9 Å². The molecule has 1 aromatic heterocycles. The standard InChI is InChI=1S/C12H23N5/c1-15-5-3-12(4-6-15)16(2)7-8-17-10-11(13)9-14-17/h9-10,12H,3-8,13H2,1-2H3. The maximum Gasteiger partial charge on any atom is 0.0719 e. The predicted octanol–water partition coefficient (Wildman–Crippen LogP) is 0.491. The van der Waals surface area contributed by atoms with Crippen molar-refractivity contribution in [2.24, 2.45) is 0 Å². The van der Waals surface area contributed by atoms with E-state index >= 15 is 0 Å². The molecule has 1 fully saturated rings. The van der Waals surface area contributed by atoms with Crippen LogP contribution >= 0.6 is 0 Å². The Kier molecular flexibility index (Phi) is 4.02. The second-order valence-electron chi connectivity index (χ2n) is 5.05. The van der Waals surface area contributed by atoms with Gasteiger partial charge in [-0.1, -0.05) is 0 Å². The normalized spacial score (nSPS) is 19.0. The molecule has 0 aliphatic carbocycles. The van der Waals surface area contributed by atoms with Crippen LogP contribution in [0.5, 0.6) is 0 Å². The molecule has 1 aliphatic heterocycles. The Morgan fingerprint density at radius 3 is 2.76 bits per heavy atom. The molecule has 17 heavy (non-hydrogen) atoms. The SMILES string of the molecule is CN1CCC(N(C)CCn2cc(N)cn2)CC1. The molecule has 0 amide bonds. The summed E-state index contributed by atoms with van der Waals surface area (Å²) in [6.45, 7) is 4.38. The van der Waals surface area contributed by atoms with Gasteiger partial charge in [-0.25, -0.2) is 0 Å². The summed E-state index contributed by atoms with van der Waals surface area (Å²) in [6, 6.07) is 0.721. The molecule has 0 atom stereocenters. The smallest absolute Gasteiger partial charge is 0.0719 e. The lowest BCUT2D eigenvalue weighted by molar-refractivity contribution is 0.140. The molecule has 0 aromatic carbocycles. The van der Waals surface area contributed by atoms with Gasteiger partial charge in [0, 0.05) is 18.8 Å². The maximum absolute atomic E-state index is 5.64. The minimum absolute atomic E-state index is 0.721. The molecule has 2 heterocycles. The van der Waals surface area contributed by atoms with E-state index in [-0.39, 0.29) is 0 Å². The summed E-state index contributed by atoms with van der Waals surface area (Å²) in [6.07, 6.45) is 6.14. The van der Waals surface area contributed by atoms with Crippen molar-refractivity contribution in [2.45, 2.75) is 25.4 Å². The van der Waals surface area contributed by atoms with Crippen LogP contribution in [-0.4, -0.2) is 59.4 Å². The molecule has 0 unspecified atom stereocenters. The van der Waals surface area contributed by atoms with Gasteiger partial charge in [-0.2, -0.15) is 5.10 Å². The first-order chi connectivity index (χ1) is 8.15. The summed E-state index contributed by atoms with van der Waals surface area (Å²) in [4.78, 5) is 4.85. The second kappa shape index (κ2) is 5.51. The minimum atomic E-state index is 0.721. The van der Waals surface area contributed by atoms with Gasteiger partial charge < -0.3 is 15.5 Å². The zero-order valence-corrected chi connectivity index (χ0v) is 10.8. The van der Waals surface area contributed by atoms with Crippen LogP contribution in [0.3, 0.4) is 0 Å². The zero-order chi connectivity index (χ0) is 12.3. The second-order valence-corrected chi connectivity index (χ2v) is 5.05. The maximum atomic E-state index is 5.64. The average molecular weight is 237 g/mol. The number of piperidine rings is 1. The van der Waals surface area contributed by atoms with Crippen molar-refractivity contribution in [3.05, 3.63) is 12.4 Å². The molecule has 0 bridgehead atoms. The van der Waals surface area contributed by atoms with E-state index in [0.717, 1.165) is 24.8 Å². The molecule has 1 saturated heterocycles. The topological polar surface area (TPSA) is 50.3 Å². The monoisotopic (exact) mass is 237 g/mol. The highest BCUT2D eigenvalue weighted by atomic mass is 15.3. The molecule has 1 aliphatic rings. The average Bonchev–Trinajstić information content (AvgIpc) is 2.73. The van der Waals surface area contributed by atoms with Crippen LogP contribution in [0.2, 0.25) is 0 Å². The number of likely N-dealkylation sites (N-methyl/N-ethyl adjacent to an activating group) is 1. The van der Waals surface area contributed by atoms with E-state index in [1.807, 2.05) is 10.9 Å². The third-order valence-electron chi connectivity index (χ3n) is 3.65. The van der Waals surface area contributed by atoms with E-state index in [0.29, 0.717) is 0 Å². The van der Waals surface area contributed by atoms with E-state index in [2.05, 4.69) is 29.0 Å². The van der Waals surface area contributed by atoms with Crippen molar-refractivity contribution in [3.8, 4) is 0 Å². The van der Waals surface area contributed by atoms with Gasteiger partial charge in [-0.15, -0.1) is 0 Å². The van der Waals surface area contributed by atoms with Gasteiger partial charge in [-0.05, 0) is 40.0 Å². The number of nitrogen functional groups attached to an aromatic ring is 1. The fourth-order valence-corrected chi connectivity index (χ4v) is 2.38. The van der Waals surface area contributed by atoms with Crippen molar-refractivity contribution in [2.75, 3.05) is 39.5 Å². The Morgan fingerprint density at radius 2 is 2.18 bits per heavy atom. The Balaban J connectivity index is 1.75. The molecule has 1 aromatic rings. The van der Waals surface area contributed by atoms with Crippen molar-refractivity contribution in [1.82, 2.24) is 19.6 Å². The highest BCUT2D eigenvalue weighted by molar-refractivity contribution is 5.30. The first-order valence-electron chi connectivity index (χ1n) is 6.32. The van der Waals surface area contributed by atoms with E-state index < -0.39 is 0 Å². The number of likely N-dealkylation sites (tertiary alicyclic amines) is 1. The largest absolute Gasteiger partial charge is 0.396 e. The Labute approximate surface area is 103 Å². The fraction of sp³-hybridized carbons (Fsp3) is 0.750. The lowest BCUT2D eigenvalue weighted by atomic mass is 10.0. The van der Waals surface area contributed by atoms with Gasteiger partial charge in [0.1, 0.15) is 0 Å². The molecule has 0 saturated carbocycles. The number of nitrogens with zero attached hydrogens (tertiary/aromatic N) is 4. The number of aromatic nitrogens is 2. The zero-order valence-electron chi connectivity index (χ0n) is 10.8. The number of hydrogen-bond donors (Lipinski definition) is 1. The van der Waals surface area contributed by atoms with Crippen LogP contribution < -0.4 is 5.73 Å². The first-order valence-corrected chi connectivity index (χ1v) is 6.32. The molecule has 0 spiro atoms. The number of anilines is 1. The molecule has 96 valence electrons. The summed E-state index contributed by atoms with van der Waals surface area (Å²) >= 11 is 0. The Hall–Kier alpha value is -1.07. The van der Waals surface area contributed by atoms with Gasteiger partial charge in [0.25, 0.3) is 0 Å². The van der Waals surface area contributed by atoms with Gasteiger partial charge in [-0.3, -0.25) is 4.68 Å². The summed E-state index contributed by atoms with van der Waals surface area (Å²) in [7, 11) is 4.41. The highest BCUT2D eigenvalue weighted by Gasteiger charge is 2.20. The van der Waals surface area contributed by atoms with Crippen LogP contribution in [0.1, 0.15) is 12.8 Å². The van der Waals surface area contributed by atoms with Gasteiger partial charge in [0.05, 0.1) is 18.4 Å². The summed E-state index contributed by atoms with van der Waals surface area (Å²) in [5.74, 6) is 0. The first kappa shape index (κ1) is 12.4. The molecule has 2 N–H and O–H groups in total. The molecule has 5 heteroatoms. The van der Waals surface area contributed by atoms with Crippen LogP contribution in [0, 0.1) is 0 Å². The summed E-state index contributed by atoms with van der Waals surface area (Å²) in [5.41, 5.74) is 6.38. The lowest BCUT2D eigenvalue weighted by Gasteiger charge is -2.35. The van der Waals surface area contributed by atoms with Crippen molar-refractivity contribution in [3.63, 3.8) is 0 Å². The summed E-state index contributed by atoms with van der Waals surface area (Å²) < 4.78 is 1.92. The molecule has 5 nitrogen and oxygen atoms in total. The molecular formula is C12H23N5. The Bertz CT molecular complexity index is 340. The van der Waals surface area contributed by atoms with Crippen molar-refractivity contribution < 1.29 is 0 Å². The fourth-order valence-electron chi connectivity index (χ4n) is 2.38. The summed E-state index contributed by atoms with van der Waals surface area (Å²) in [5, 5.41) is 4.20. The van der Waals surface area contributed by atoms with E-state index in [9.17, 15) is 0 Å². The van der Waals surface area contributed by atoms with Crippen LogP contribution in [0.25, 0.3) is 0 Å². The Morgan fingerprint density at radius 1 is 1.47 bits per heavy atom. The predicted molar refractivity (Wildman–Crippen MR) is 69.8 cm³/mol. The van der Waals surface area contributed by atoms with Crippen LogP contribution in [0.15, 0.2) is 12.4 Å². The van der Waals surface area contributed by atoms with E-state index in [1.54, 1.807) is 6.20 Å². The van der Waals surface area contributed by atoms with Crippen molar-refractivity contribution in [1.29, 1.82) is 0 Å². The van der Waals surface area contributed by atoms with Gasteiger partial charge >= 0.3 is 0 Å². The van der Waals surface area contributed by atoms with Gasteiger partial charge in [0.2, 0.25) is 0 Å². The minimum Gasteiger partial charge on any atom is -0.396 e. The van der Waals surface area contributed by atoms with Crippen LogP contribution in [0.4, 0.5) is 5.69 Å². The lowest BCUT2D eigenvalue weighted by Crippen LogP contribution is -2.42. The third kappa shape index (κ3) is 3.44. The van der Waals surface area contributed by atoms with Gasteiger partial charge in [0.15, 0.2) is 0 Å². The van der Waals surface area contributed by atoms with E-state index in [4.69, 9.17) is 5.73 Å². The number of hydrogen-bond acceptors (Lipinski definition) is 4. The quantitative estimate of drug-likeness (QED) is 0.828. The molecular weight excluding hydrogens is 214 g/mol. The van der Waals surface area contributed by atoms with Crippen molar-refractivity contribution >= 4 is 5.69 Å². The number of nitrogens with two attached hydrogens (primary N) is 1. The van der Waals surface area contributed by atoms with Crippen LogP contribution in [-0.2, 0) is 6.54 Å². The third-order valence-corrected chi connectivity index (χ3v) is 3.65. The number of rotatable bonds is 4.